The van der Waals surface area contributed by atoms with E-state index in [9.17, 15) is 4.79 Å². The molecule has 15 heavy (non-hydrogen) atoms. The molecule has 1 aromatic heterocycles. The van der Waals surface area contributed by atoms with Crippen molar-refractivity contribution in [3.05, 3.63) is 16.9 Å². The van der Waals surface area contributed by atoms with Crippen LogP contribution >= 0.6 is 23.4 Å². The smallest absolute Gasteiger partial charge is 0.358 e. The molecule has 0 saturated carbocycles. The molecule has 0 unspecified atom stereocenters. The van der Waals surface area contributed by atoms with Crippen molar-refractivity contribution in [2.75, 3.05) is 12.9 Å². The summed E-state index contributed by atoms with van der Waals surface area (Å²) in [6.45, 7) is 2.29. The Balaban J connectivity index is 2.86. The minimum absolute atomic E-state index is 0.129. The van der Waals surface area contributed by atoms with Crippen LogP contribution in [-0.2, 0) is 4.74 Å². The number of carbonyl (C=O) groups excluding carboxylic acids is 1. The second-order valence-electron chi connectivity index (χ2n) is 2.69. The van der Waals surface area contributed by atoms with Crippen molar-refractivity contribution in [3.63, 3.8) is 0 Å². The van der Waals surface area contributed by atoms with Crippen molar-refractivity contribution >= 4 is 29.3 Å². The highest BCUT2D eigenvalue weighted by Crippen LogP contribution is 2.17. The maximum absolute atomic E-state index is 11.5. The highest BCUT2D eigenvalue weighted by molar-refractivity contribution is 7.98. The van der Waals surface area contributed by atoms with Crippen molar-refractivity contribution < 1.29 is 9.53 Å². The lowest BCUT2D eigenvalue weighted by molar-refractivity contribution is 0.0497. The molecule has 4 nitrogen and oxygen atoms in total. The molecule has 1 rings (SSSR count). The van der Waals surface area contributed by atoms with Crippen molar-refractivity contribution in [2.24, 2.45) is 0 Å². The highest BCUT2D eigenvalue weighted by atomic mass is 35.5. The van der Waals surface area contributed by atoms with E-state index in [1.165, 1.54) is 18.0 Å². The van der Waals surface area contributed by atoms with Crippen LogP contribution in [0.15, 0.2) is 11.4 Å². The van der Waals surface area contributed by atoms with Crippen molar-refractivity contribution in [3.8, 4) is 0 Å². The van der Waals surface area contributed by atoms with Crippen molar-refractivity contribution in [2.45, 2.75) is 18.5 Å². The van der Waals surface area contributed by atoms with E-state index in [-0.39, 0.29) is 10.7 Å². The molecular weight excluding hydrogens is 236 g/mol. The Labute approximate surface area is 97.4 Å². The summed E-state index contributed by atoms with van der Waals surface area (Å²) in [4.78, 5) is 19.4. The van der Waals surface area contributed by atoms with Gasteiger partial charge >= 0.3 is 5.97 Å². The summed E-state index contributed by atoms with van der Waals surface area (Å²) in [5, 5.41) is 0.719. The molecule has 0 fully saturated rings. The average molecular weight is 247 g/mol. The lowest BCUT2D eigenvalue weighted by Gasteiger charge is -2.04. The van der Waals surface area contributed by atoms with E-state index < -0.39 is 5.97 Å². The first kappa shape index (κ1) is 12.3. The lowest BCUT2D eigenvalue weighted by Crippen LogP contribution is -2.10. The number of halogens is 1. The summed E-state index contributed by atoms with van der Waals surface area (Å²) in [6, 6.07) is 0. The fourth-order valence-corrected chi connectivity index (χ4v) is 1.36. The number of aromatic nitrogens is 2. The summed E-state index contributed by atoms with van der Waals surface area (Å²) in [6.07, 6.45) is 4.00. The van der Waals surface area contributed by atoms with Crippen molar-refractivity contribution in [1.82, 2.24) is 9.97 Å². The number of ether oxygens (including phenoxy) is 1. The fraction of sp³-hybridized carbons (Fsp3) is 0.444. The summed E-state index contributed by atoms with van der Waals surface area (Å²) in [5.41, 5.74) is 0.129. The lowest BCUT2D eigenvalue weighted by atomic mass is 10.4. The van der Waals surface area contributed by atoms with Crippen molar-refractivity contribution in [1.29, 1.82) is 0 Å². The minimum atomic E-state index is -0.500. The Morgan fingerprint density at radius 2 is 2.40 bits per heavy atom. The molecule has 0 N–H and O–H groups in total. The van der Waals surface area contributed by atoms with Gasteiger partial charge in [-0.05, 0) is 12.7 Å². The maximum Gasteiger partial charge on any atom is 0.358 e. The molecule has 1 aromatic rings. The Morgan fingerprint density at radius 1 is 1.67 bits per heavy atom. The fourth-order valence-electron chi connectivity index (χ4n) is 0.856. The molecule has 0 aliphatic carbocycles. The summed E-state index contributed by atoms with van der Waals surface area (Å²) in [5.74, 6) is -0.500. The second-order valence-corrected chi connectivity index (χ2v) is 3.87. The third-order valence-electron chi connectivity index (χ3n) is 1.54. The van der Waals surface area contributed by atoms with Crippen LogP contribution in [0.1, 0.15) is 23.8 Å². The molecule has 0 amide bonds. The highest BCUT2D eigenvalue weighted by Gasteiger charge is 2.14. The molecule has 6 heteroatoms. The quantitative estimate of drug-likeness (QED) is 0.464. The van der Waals surface area contributed by atoms with Gasteiger partial charge in [0.1, 0.15) is 0 Å². The predicted molar refractivity (Wildman–Crippen MR) is 59.4 cm³/mol. The molecule has 0 aromatic carbocycles. The molecule has 0 aliphatic rings. The first-order valence-corrected chi connectivity index (χ1v) is 6.03. The summed E-state index contributed by atoms with van der Waals surface area (Å²) >= 11 is 7.14. The van der Waals surface area contributed by atoms with Crippen LogP contribution in [0.3, 0.4) is 0 Å². The van der Waals surface area contributed by atoms with Gasteiger partial charge in [-0.2, -0.15) is 0 Å². The predicted octanol–water partition coefficient (Wildman–Crippen LogP) is 2.42. The van der Waals surface area contributed by atoms with E-state index in [1.54, 1.807) is 0 Å². The molecule has 0 spiro atoms. The maximum atomic E-state index is 11.5. The first-order valence-electron chi connectivity index (χ1n) is 4.42. The molecule has 1 heterocycles. The number of hydrogen-bond acceptors (Lipinski definition) is 5. The topological polar surface area (TPSA) is 52.1 Å². The third kappa shape index (κ3) is 3.35. The zero-order valence-corrected chi connectivity index (χ0v) is 10.1. The van der Waals surface area contributed by atoms with Crippen LogP contribution < -0.4 is 0 Å². The van der Waals surface area contributed by atoms with Gasteiger partial charge < -0.3 is 4.74 Å². The van der Waals surface area contributed by atoms with Gasteiger partial charge in [0.25, 0.3) is 0 Å². The zero-order valence-electron chi connectivity index (χ0n) is 8.49. The molecule has 0 saturated heterocycles. The molecule has 82 valence electrons. The third-order valence-corrected chi connectivity index (χ3v) is 2.37. The molecule has 0 radical (unpaired) electrons. The van der Waals surface area contributed by atoms with Crippen LogP contribution in [0.5, 0.6) is 0 Å². The van der Waals surface area contributed by atoms with Crippen LogP contribution in [0.25, 0.3) is 0 Å². The number of thioether (sulfide) groups is 1. The molecular formula is C9H11ClN2O2S. The standard InChI is InChI=1S/C9H11ClN2O2S/c1-3-4-14-8(13)7-6(10)5-11-9(12-7)15-2/h5H,3-4H2,1-2H3. The monoisotopic (exact) mass is 246 g/mol. The SMILES string of the molecule is CCCOC(=O)c1nc(SC)ncc1Cl. The van der Waals surface area contributed by atoms with Crippen LogP contribution in [0, 0.1) is 0 Å². The van der Waals surface area contributed by atoms with Gasteiger partial charge in [-0.1, -0.05) is 30.3 Å². The zero-order chi connectivity index (χ0) is 11.3. The minimum Gasteiger partial charge on any atom is -0.461 e. The summed E-state index contributed by atoms with van der Waals surface area (Å²) < 4.78 is 4.93. The largest absolute Gasteiger partial charge is 0.461 e. The number of hydrogen-bond donors (Lipinski definition) is 0. The Bertz CT molecular complexity index is 360. The van der Waals surface area contributed by atoms with Gasteiger partial charge in [-0.25, -0.2) is 14.8 Å². The van der Waals surface area contributed by atoms with E-state index in [0.29, 0.717) is 11.8 Å². The Hall–Kier alpha value is -0.810. The van der Waals surface area contributed by atoms with E-state index in [2.05, 4.69) is 9.97 Å². The molecule has 0 atom stereocenters. The van der Waals surface area contributed by atoms with E-state index in [0.717, 1.165) is 6.42 Å². The molecule has 0 aliphatic heterocycles. The Morgan fingerprint density at radius 3 is 3.00 bits per heavy atom. The average Bonchev–Trinajstić information content (AvgIpc) is 2.26. The first-order chi connectivity index (χ1) is 7.19. The normalized spacial score (nSPS) is 10.1. The van der Waals surface area contributed by atoms with Gasteiger partial charge in [-0.15, -0.1) is 0 Å². The van der Waals surface area contributed by atoms with Gasteiger partial charge in [0, 0.05) is 0 Å². The van der Waals surface area contributed by atoms with Crippen LogP contribution in [-0.4, -0.2) is 28.8 Å². The summed E-state index contributed by atoms with van der Waals surface area (Å²) in [7, 11) is 0. The van der Waals surface area contributed by atoms with Gasteiger partial charge in [0.15, 0.2) is 10.9 Å². The Kier molecular flexibility index (Phi) is 4.84. The second kappa shape index (κ2) is 5.92. The van der Waals surface area contributed by atoms with Crippen LogP contribution in [0.2, 0.25) is 5.02 Å². The van der Waals surface area contributed by atoms with E-state index in [1.807, 2.05) is 13.2 Å². The number of rotatable bonds is 4. The van der Waals surface area contributed by atoms with Gasteiger partial charge in [-0.3, -0.25) is 0 Å². The van der Waals surface area contributed by atoms with E-state index in [4.69, 9.17) is 16.3 Å². The van der Waals surface area contributed by atoms with E-state index >= 15 is 0 Å². The number of nitrogens with zero attached hydrogens (tertiary/aromatic N) is 2. The number of carbonyl (C=O) groups is 1. The van der Waals surface area contributed by atoms with Crippen LogP contribution in [0.4, 0.5) is 0 Å². The van der Waals surface area contributed by atoms with Gasteiger partial charge in [0.2, 0.25) is 0 Å². The number of esters is 1. The molecule has 0 bridgehead atoms. The van der Waals surface area contributed by atoms with Gasteiger partial charge in [0.05, 0.1) is 17.8 Å².